The molecular formula is C16H30N2S2. The Balaban J connectivity index is 1.51. The number of hydrogen-bond acceptors (Lipinski definition) is 4. The van der Waals surface area contributed by atoms with Crippen molar-refractivity contribution in [3.63, 3.8) is 0 Å². The van der Waals surface area contributed by atoms with Gasteiger partial charge in [0.25, 0.3) is 0 Å². The molecule has 4 heteroatoms. The third kappa shape index (κ3) is 4.56. The molecule has 3 aliphatic rings. The zero-order valence-corrected chi connectivity index (χ0v) is 14.3. The van der Waals surface area contributed by atoms with E-state index in [0.29, 0.717) is 0 Å². The van der Waals surface area contributed by atoms with Crippen LogP contribution in [0, 0.1) is 5.92 Å². The molecule has 3 fully saturated rings. The second-order valence-corrected chi connectivity index (χ2v) is 9.20. The Bertz CT molecular complexity index is 276. The first-order valence-corrected chi connectivity index (χ1v) is 10.8. The summed E-state index contributed by atoms with van der Waals surface area (Å²) in [6.45, 7) is 5.21. The molecule has 0 bridgehead atoms. The Labute approximate surface area is 133 Å². The fourth-order valence-electron chi connectivity index (χ4n) is 3.97. The van der Waals surface area contributed by atoms with Crippen molar-refractivity contribution in [1.29, 1.82) is 0 Å². The average molecular weight is 315 g/mol. The van der Waals surface area contributed by atoms with Gasteiger partial charge in [-0.2, -0.15) is 23.5 Å². The van der Waals surface area contributed by atoms with Crippen LogP contribution in [0.4, 0.5) is 0 Å². The first-order valence-electron chi connectivity index (χ1n) is 8.57. The summed E-state index contributed by atoms with van der Waals surface area (Å²) in [5.74, 6) is 5.07. The predicted molar refractivity (Wildman–Crippen MR) is 93.0 cm³/mol. The molecule has 116 valence electrons. The molecule has 2 saturated heterocycles. The van der Waals surface area contributed by atoms with Gasteiger partial charge in [0.2, 0.25) is 0 Å². The minimum absolute atomic E-state index is 0.777. The topological polar surface area (TPSA) is 15.3 Å². The molecule has 1 aliphatic carbocycles. The van der Waals surface area contributed by atoms with Crippen LogP contribution in [0.5, 0.6) is 0 Å². The molecule has 2 unspecified atom stereocenters. The van der Waals surface area contributed by atoms with Crippen LogP contribution in [-0.4, -0.2) is 59.6 Å². The molecule has 0 spiro atoms. The highest BCUT2D eigenvalue weighted by Gasteiger charge is 2.28. The lowest BCUT2D eigenvalue weighted by Gasteiger charge is -2.34. The zero-order valence-electron chi connectivity index (χ0n) is 12.7. The average Bonchev–Trinajstić information content (AvgIpc) is 2.75. The van der Waals surface area contributed by atoms with Crippen molar-refractivity contribution in [1.82, 2.24) is 10.2 Å². The Hall–Kier alpha value is 0.620. The van der Waals surface area contributed by atoms with Gasteiger partial charge in [0.15, 0.2) is 0 Å². The Kier molecular flexibility index (Phi) is 6.44. The van der Waals surface area contributed by atoms with Crippen LogP contribution in [0.3, 0.4) is 0 Å². The van der Waals surface area contributed by atoms with E-state index in [9.17, 15) is 0 Å². The van der Waals surface area contributed by atoms with E-state index >= 15 is 0 Å². The second-order valence-electron chi connectivity index (χ2n) is 6.64. The maximum atomic E-state index is 3.86. The van der Waals surface area contributed by atoms with Gasteiger partial charge in [0, 0.05) is 41.6 Å². The van der Waals surface area contributed by atoms with E-state index in [-0.39, 0.29) is 0 Å². The van der Waals surface area contributed by atoms with E-state index in [0.717, 1.165) is 17.2 Å². The van der Waals surface area contributed by atoms with Gasteiger partial charge in [-0.25, -0.2) is 0 Å². The van der Waals surface area contributed by atoms with Crippen LogP contribution < -0.4 is 5.32 Å². The van der Waals surface area contributed by atoms with Crippen LogP contribution in [-0.2, 0) is 0 Å². The van der Waals surface area contributed by atoms with Gasteiger partial charge in [-0.1, -0.05) is 19.3 Å². The van der Waals surface area contributed by atoms with Gasteiger partial charge in [-0.05, 0) is 38.3 Å². The highest BCUT2D eigenvalue weighted by molar-refractivity contribution is 8.06. The lowest BCUT2D eigenvalue weighted by Crippen LogP contribution is -2.45. The first kappa shape index (κ1) is 15.5. The largest absolute Gasteiger partial charge is 0.312 e. The highest BCUT2D eigenvalue weighted by Crippen LogP contribution is 2.29. The predicted octanol–water partition coefficient (Wildman–Crippen LogP) is 3.08. The van der Waals surface area contributed by atoms with Crippen molar-refractivity contribution in [3.8, 4) is 0 Å². The fraction of sp³-hybridized carbons (Fsp3) is 1.00. The summed E-state index contributed by atoms with van der Waals surface area (Å²) in [5.41, 5.74) is 0. The van der Waals surface area contributed by atoms with E-state index in [4.69, 9.17) is 0 Å². The van der Waals surface area contributed by atoms with E-state index in [1.54, 1.807) is 0 Å². The molecule has 2 atom stereocenters. The molecule has 0 aromatic heterocycles. The van der Waals surface area contributed by atoms with Gasteiger partial charge in [0.1, 0.15) is 0 Å². The Morgan fingerprint density at radius 2 is 1.95 bits per heavy atom. The lowest BCUT2D eigenvalue weighted by atomic mass is 9.83. The van der Waals surface area contributed by atoms with Crippen molar-refractivity contribution in [2.75, 3.05) is 43.4 Å². The second kappa shape index (κ2) is 8.30. The summed E-state index contributed by atoms with van der Waals surface area (Å²) in [7, 11) is 0. The molecule has 2 aliphatic heterocycles. The minimum Gasteiger partial charge on any atom is -0.312 e. The summed E-state index contributed by atoms with van der Waals surface area (Å²) >= 11 is 4.38. The van der Waals surface area contributed by atoms with Crippen molar-refractivity contribution in [3.05, 3.63) is 0 Å². The molecule has 2 nitrogen and oxygen atoms in total. The van der Waals surface area contributed by atoms with Gasteiger partial charge >= 0.3 is 0 Å². The monoisotopic (exact) mass is 314 g/mol. The number of nitrogens with zero attached hydrogens (tertiary/aromatic N) is 1. The number of hydrogen-bond donors (Lipinski definition) is 1. The zero-order chi connectivity index (χ0) is 13.6. The van der Waals surface area contributed by atoms with Crippen molar-refractivity contribution < 1.29 is 0 Å². The third-order valence-corrected chi connectivity index (χ3v) is 7.91. The molecule has 0 amide bonds. The molecule has 1 saturated carbocycles. The van der Waals surface area contributed by atoms with Crippen LogP contribution >= 0.6 is 23.5 Å². The van der Waals surface area contributed by atoms with Crippen molar-refractivity contribution in [2.24, 2.45) is 5.92 Å². The lowest BCUT2D eigenvalue weighted by molar-refractivity contribution is 0.208. The summed E-state index contributed by atoms with van der Waals surface area (Å²) in [4.78, 5) is 2.78. The van der Waals surface area contributed by atoms with Crippen LogP contribution in [0.1, 0.15) is 38.5 Å². The van der Waals surface area contributed by atoms with E-state index < -0.39 is 0 Å². The molecule has 0 aromatic carbocycles. The Morgan fingerprint density at radius 3 is 2.75 bits per heavy atom. The standard InChI is InChI=1S/C16H30N2S2/c1-2-5-14(6-3-1)16-12-18(8-4-7-17-16)11-15-13-19-9-10-20-15/h14-17H,1-13H2. The smallest absolute Gasteiger partial charge is 0.0265 e. The molecule has 0 radical (unpaired) electrons. The number of nitrogens with one attached hydrogen (secondary N) is 1. The third-order valence-electron chi connectivity index (χ3n) is 5.08. The summed E-state index contributed by atoms with van der Waals surface area (Å²) < 4.78 is 0. The normalized spacial score (nSPS) is 34.8. The van der Waals surface area contributed by atoms with Crippen molar-refractivity contribution >= 4 is 23.5 Å². The summed E-state index contributed by atoms with van der Waals surface area (Å²) in [6, 6.07) is 0.777. The van der Waals surface area contributed by atoms with E-state index in [1.807, 2.05) is 0 Å². The van der Waals surface area contributed by atoms with Gasteiger partial charge in [0.05, 0.1) is 0 Å². The molecule has 20 heavy (non-hydrogen) atoms. The fourth-order valence-corrected chi connectivity index (χ4v) is 6.69. The van der Waals surface area contributed by atoms with Crippen LogP contribution in [0.15, 0.2) is 0 Å². The van der Waals surface area contributed by atoms with Gasteiger partial charge in [-0.15, -0.1) is 0 Å². The highest BCUT2D eigenvalue weighted by atomic mass is 32.2. The van der Waals surface area contributed by atoms with E-state index in [1.165, 1.54) is 82.0 Å². The summed E-state index contributed by atoms with van der Waals surface area (Å²) in [6.07, 6.45) is 8.70. The maximum absolute atomic E-state index is 3.86. The molecular weight excluding hydrogens is 284 g/mol. The minimum atomic E-state index is 0.777. The van der Waals surface area contributed by atoms with Gasteiger partial charge < -0.3 is 10.2 Å². The quantitative estimate of drug-likeness (QED) is 0.861. The van der Waals surface area contributed by atoms with Crippen LogP contribution in [0.25, 0.3) is 0 Å². The molecule has 1 N–H and O–H groups in total. The molecule has 3 rings (SSSR count). The molecule has 2 heterocycles. The molecule has 0 aromatic rings. The maximum Gasteiger partial charge on any atom is 0.0265 e. The Morgan fingerprint density at radius 1 is 1.05 bits per heavy atom. The van der Waals surface area contributed by atoms with Crippen molar-refractivity contribution in [2.45, 2.75) is 49.8 Å². The van der Waals surface area contributed by atoms with E-state index in [2.05, 4.69) is 33.7 Å². The summed E-state index contributed by atoms with van der Waals surface area (Å²) in [5, 5.41) is 4.75. The van der Waals surface area contributed by atoms with Crippen LogP contribution in [0.2, 0.25) is 0 Å². The first-order chi connectivity index (χ1) is 9.92. The number of rotatable bonds is 3. The SMILES string of the molecule is C1CCC(C2CN(CC3CSCCS3)CCCN2)CC1. The van der Waals surface area contributed by atoms with Gasteiger partial charge in [-0.3, -0.25) is 0 Å². The number of thioether (sulfide) groups is 2.